The van der Waals surface area contributed by atoms with E-state index in [2.05, 4.69) is 20.1 Å². The third-order valence-electron chi connectivity index (χ3n) is 3.60. The lowest BCUT2D eigenvalue weighted by atomic mass is 9.98. The van der Waals surface area contributed by atoms with Crippen LogP contribution in [0.3, 0.4) is 0 Å². The highest BCUT2D eigenvalue weighted by atomic mass is 16.1. The number of hydrogen-bond acceptors (Lipinski definition) is 5. The monoisotopic (exact) mass is 260 g/mol. The van der Waals surface area contributed by atoms with Gasteiger partial charge in [0.2, 0.25) is 5.91 Å². The zero-order valence-electron chi connectivity index (χ0n) is 10.9. The van der Waals surface area contributed by atoms with E-state index in [1.54, 1.807) is 0 Å². The minimum atomic E-state index is -0.243. The molecule has 2 atom stereocenters. The summed E-state index contributed by atoms with van der Waals surface area (Å²) in [5, 5.41) is 8.62. The van der Waals surface area contributed by atoms with Gasteiger partial charge in [-0.15, -0.1) is 14.8 Å². The highest BCUT2D eigenvalue weighted by Gasteiger charge is 2.34. The molecule has 7 nitrogen and oxygen atoms in total. The Morgan fingerprint density at radius 2 is 2.16 bits per heavy atom. The summed E-state index contributed by atoms with van der Waals surface area (Å²) < 4.78 is 1.52. The minimum Gasteiger partial charge on any atom is -0.369 e. The van der Waals surface area contributed by atoms with E-state index >= 15 is 0 Å². The molecule has 3 heterocycles. The summed E-state index contributed by atoms with van der Waals surface area (Å²) in [6, 6.07) is 3.78. The summed E-state index contributed by atoms with van der Waals surface area (Å²) in [6.45, 7) is 5.26. The van der Waals surface area contributed by atoms with Crippen LogP contribution < -0.4 is 10.6 Å². The van der Waals surface area contributed by atoms with Gasteiger partial charge in [-0.05, 0) is 25.0 Å². The normalized spacial score (nSPS) is 23.2. The molecule has 0 unspecified atom stereocenters. The molecule has 3 rings (SSSR count). The summed E-state index contributed by atoms with van der Waals surface area (Å²) in [5.74, 6) is 1.37. The van der Waals surface area contributed by atoms with Gasteiger partial charge in [0.15, 0.2) is 11.5 Å². The Morgan fingerprint density at radius 1 is 1.37 bits per heavy atom. The Hall–Kier alpha value is -2.18. The number of nitrogens with zero attached hydrogens (tertiary/aromatic N) is 5. The van der Waals surface area contributed by atoms with Crippen LogP contribution in [-0.4, -0.2) is 38.8 Å². The fourth-order valence-corrected chi connectivity index (χ4v) is 2.57. The van der Waals surface area contributed by atoms with Crippen molar-refractivity contribution in [3.63, 3.8) is 0 Å². The van der Waals surface area contributed by atoms with E-state index in [1.807, 2.05) is 26.0 Å². The molecular weight excluding hydrogens is 244 g/mol. The molecule has 1 aliphatic rings. The second-order valence-corrected chi connectivity index (χ2v) is 5.09. The molecule has 1 amide bonds. The molecule has 7 heteroatoms. The van der Waals surface area contributed by atoms with Gasteiger partial charge < -0.3 is 10.6 Å². The van der Waals surface area contributed by atoms with Crippen molar-refractivity contribution in [1.29, 1.82) is 0 Å². The van der Waals surface area contributed by atoms with Crippen LogP contribution >= 0.6 is 0 Å². The van der Waals surface area contributed by atoms with Crippen molar-refractivity contribution < 1.29 is 4.79 Å². The Balaban J connectivity index is 1.90. The maximum atomic E-state index is 11.4. The van der Waals surface area contributed by atoms with E-state index in [9.17, 15) is 4.79 Å². The lowest BCUT2D eigenvalue weighted by molar-refractivity contribution is -0.122. The van der Waals surface area contributed by atoms with E-state index in [0.29, 0.717) is 12.4 Å². The molecule has 2 aromatic rings. The summed E-state index contributed by atoms with van der Waals surface area (Å²) >= 11 is 0. The number of anilines is 1. The summed E-state index contributed by atoms with van der Waals surface area (Å²) in [4.78, 5) is 17.7. The Labute approximate surface area is 110 Å². The van der Waals surface area contributed by atoms with Gasteiger partial charge in [-0.2, -0.15) is 0 Å². The SMILES string of the molecule is Cc1nc2ccc(N3C[C@@H](C)[C@H](C(N)=O)C3)nn2n1. The quantitative estimate of drug-likeness (QED) is 0.820. The lowest BCUT2D eigenvalue weighted by Gasteiger charge is -2.16. The number of hydrogen-bond donors (Lipinski definition) is 1. The van der Waals surface area contributed by atoms with Crippen LogP contribution in [0.25, 0.3) is 5.65 Å². The van der Waals surface area contributed by atoms with Gasteiger partial charge in [-0.1, -0.05) is 6.92 Å². The number of carbonyl (C=O) groups is 1. The molecule has 2 aromatic heterocycles. The van der Waals surface area contributed by atoms with E-state index in [4.69, 9.17) is 5.73 Å². The van der Waals surface area contributed by atoms with Crippen molar-refractivity contribution in [2.24, 2.45) is 17.6 Å². The van der Waals surface area contributed by atoms with Crippen molar-refractivity contribution in [3.8, 4) is 0 Å². The number of fused-ring (bicyclic) bond motifs is 1. The van der Waals surface area contributed by atoms with Crippen molar-refractivity contribution in [2.75, 3.05) is 18.0 Å². The molecular formula is C12H16N6O. The van der Waals surface area contributed by atoms with Crippen LogP contribution in [0.2, 0.25) is 0 Å². The second-order valence-electron chi connectivity index (χ2n) is 5.09. The molecule has 0 bridgehead atoms. The largest absolute Gasteiger partial charge is 0.369 e. The van der Waals surface area contributed by atoms with Crippen molar-refractivity contribution in [2.45, 2.75) is 13.8 Å². The average Bonchev–Trinajstić information content (AvgIpc) is 2.89. The van der Waals surface area contributed by atoms with Gasteiger partial charge in [-0.3, -0.25) is 4.79 Å². The summed E-state index contributed by atoms with van der Waals surface area (Å²) in [6.07, 6.45) is 0. The maximum absolute atomic E-state index is 11.4. The lowest BCUT2D eigenvalue weighted by Crippen LogP contribution is -2.29. The Kier molecular flexibility index (Phi) is 2.62. The zero-order chi connectivity index (χ0) is 13.6. The van der Waals surface area contributed by atoms with Crippen molar-refractivity contribution in [3.05, 3.63) is 18.0 Å². The van der Waals surface area contributed by atoms with Gasteiger partial charge in [-0.25, -0.2) is 4.98 Å². The topological polar surface area (TPSA) is 89.4 Å². The van der Waals surface area contributed by atoms with E-state index < -0.39 is 0 Å². The van der Waals surface area contributed by atoms with E-state index in [1.165, 1.54) is 4.63 Å². The Bertz CT molecular complexity index is 636. The second kappa shape index (κ2) is 4.18. The molecule has 0 saturated carbocycles. The van der Waals surface area contributed by atoms with Gasteiger partial charge in [0, 0.05) is 13.1 Å². The van der Waals surface area contributed by atoms with Crippen molar-refractivity contribution >= 4 is 17.4 Å². The molecule has 100 valence electrons. The number of carbonyl (C=O) groups excluding carboxylic acids is 1. The molecule has 19 heavy (non-hydrogen) atoms. The Morgan fingerprint density at radius 3 is 2.84 bits per heavy atom. The minimum absolute atomic E-state index is 0.116. The fraction of sp³-hybridized carbons (Fsp3) is 0.500. The standard InChI is InChI=1S/C12H16N6O/c1-7-5-17(6-9(7)12(13)19)11-4-3-10-14-8(2)15-18(10)16-11/h3-4,7,9H,5-6H2,1-2H3,(H2,13,19)/t7-,9-/m1/s1. The fourth-order valence-electron chi connectivity index (χ4n) is 2.57. The first-order valence-corrected chi connectivity index (χ1v) is 6.29. The smallest absolute Gasteiger partial charge is 0.222 e. The van der Waals surface area contributed by atoms with Gasteiger partial charge in [0.05, 0.1) is 5.92 Å². The summed E-state index contributed by atoms with van der Waals surface area (Å²) in [5.41, 5.74) is 6.13. The number of aromatic nitrogens is 4. The zero-order valence-corrected chi connectivity index (χ0v) is 10.9. The van der Waals surface area contributed by atoms with Crippen LogP contribution in [0, 0.1) is 18.8 Å². The predicted molar refractivity (Wildman–Crippen MR) is 69.6 cm³/mol. The number of primary amides is 1. The molecule has 1 saturated heterocycles. The first-order chi connectivity index (χ1) is 9.04. The molecule has 0 spiro atoms. The summed E-state index contributed by atoms with van der Waals surface area (Å²) in [7, 11) is 0. The maximum Gasteiger partial charge on any atom is 0.222 e. The highest BCUT2D eigenvalue weighted by molar-refractivity contribution is 5.78. The molecule has 2 N–H and O–H groups in total. The number of aryl methyl sites for hydroxylation is 1. The predicted octanol–water partition coefficient (Wildman–Crippen LogP) is -0.00968. The molecule has 0 radical (unpaired) electrons. The van der Waals surface area contributed by atoms with E-state index in [-0.39, 0.29) is 17.7 Å². The molecule has 1 aliphatic heterocycles. The molecule has 0 aliphatic carbocycles. The van der Waals surface area contributed by atoms with Crippen LogP contribution in [0.15, 0.2) is 12.1 Å². The van der Waals surface area contributed by atoms with Crippen LogP contribution in [0.1, 0.15) is 12.7 Å². The van der Waals surface area contributed by atoms with Gasteiger partial charge in [0.25, 0.3) is 0 Å². The third kappa shape index (κ3) is 2.00. The van der Waals surface area contributed by atoms with Crippen LogP contribution in [0.4, 0.5) is 5.82 Å². The van der Waals surface area contributed by atoms with Crippen molar-refractivity contribution in [1.82, 2.24) is 19.8 Å². The van der Waals surface area contributed by atoms with Crippen LogP contribution in [-0.2, 0) is 4.79 Å². The number of amides is 1. The van der Waals surface area contributed by atoms with Gasteiger partial charge in [0.1, 0.15) is 5.82 Å². The third-order valence-corrected chi connectivity index (χ3v) is 3.60. The van der Waals surface area contributed by atoms with Crippen LogP contribution in [0.5, 0.6) is 0 Å². The average molecular weight is 260 g/mol. The number of nitrogens with two attached hydrogens (primary N) is 1. The molecule has 0 aromatic carbocycles. The van der Waals surface area contributed by atoms with E-state index in [0.717, 1.165) is 18.0 Å². The number of rotatable bonds is 2. The van der Waals surface area contributed by atoms with Gasteiger partial charge >= 0.3 is 0 Å². The first kappa shape index (κ1) is 11.9. The highest BCUT2D eigenvalue weighted by Crippen LogP contribution is 2.26. The first-order valence-electron chi connectivity index (χ1n) is 6.29. The molecule has 1 fully saturated rings.